The van der Waals surface area contributed by atoms with Gasteiger partial charge in [0.1, 0.15) is 22.8 Å². The minimum absolute atomic E-state index is 0.0152. The zero-order valence-corrected chi connectivity index (χ0v) is 13.6. The Balaban J connectivity index is 2.47. The molecule has 2 aromatic rings. The lowest BCUT2D eigenvalue weighted by molar-refractivity contribution is 0.0690. The van der Waals surface area contributed by atoms with Gasteiger partial charge in [-0.25, -0.2) is 4.79 Å². The van der Waals surface area contributed by atoms with Crippen LogP contribution in [0.2, 0.25) is 0 Å². The van der Waals surface area contributed by atoms with Crippen molar-refractivity contribution in [3.05, 3.63) is 50.9 Å². The van der Waals surface area contributed by atoms with Crippen LogP contribution in [-0.4, -0.2) is 18.2 Å². The van der Waals surface area contributed by atoms with Crippen LogP contribution in [0, 0.1) is 0 Å². The van der Waals surface area contributed by atoms with Gasteiger partial charge >= 0.3 is 5.97 Å². The number of hydrogen-bond donors (Lipinski definition) is 1. The molecule has 0 aliphatic carbocycles. The van der Waals surface area contributed by atoms with Gasteiger partial charge in [0.15, 0.2) is 0 Å². The maximum atomic E-state index is 11.4. The molecule has 0 saturated heterocycles. The number of benzene rings is 2. The zero-order chi connectivity index (χ0) is 14.7. The highest BCUT2D eigenvalue weighted by Gasteiger charge is 2.19. The summed E-state index contributed by atoms with van der Waals surface area (Å²) in [6.07, 6.45) is 0. The number of carbonyl (C=O) groups is 1. The van der Waals surface area contributed by atoms with Crippen molar-refractivity contribution < 1.29 is 19.4 Å². The van der Waals surface area contributed by atoms with E-state index in [2.05, 4.69) is 31.9 Å². The molecule has 0 radical (unpaired) electrons. The van der Waals surface area contributed by atoms with Crippen LogP contribution < -0.4 is 9.47 Å². The molecule has 0 heterocycles. The molecule has 1 N–H and O–H groups in total. The van der Waals surface area contributed by atoms with Gasteiger partial charge in [-0.1, -0.05) is 31.9 Å². The van der Waals surface area contributed by atoms with Crippen LogP contribution >= 0.6 is 31.9 Å². The van der Waals surface area contributed by atoms with Crippen molar-refractivity contribution in [1.29, 1.82) is 0 Å². The van der Waals surface area contributed by atoms with Crippen molar-refractivity contribution in [2.45, 2.75) is 0 Å². The van der Waals surface area contributed by atoms with Gasteiger partial charge in [-0.2, -0.15) is 0 Å². The number of carboxylic acids is 1. The van der Waals surface area contributed by atoms with Crippen LogP contribution in [0.15, 0.2) is 45.3 Å². The number of carboxylic acid groups (broad SMARTS) is 1. The van der Waals surface area contributed by atoms with Gasteiger partial charge in [-0.05, 0) is 36.4 Å². The van der Waals surface area contributed by atoms with E-state index in [4.69, 9.17) is 9.47 Å². The molecule has 0 aliphatic heterocycles. The third-order valence-corrected chi connectivity index (χ3v) is 3.49. The molecule has 0 unspecified atom stereocenters. The summed E-state index contributed by atoms with van der Waals surface area (Å²) in [5.41, 5.74) is -0.0152. The monoisotopic (exact) mass is 400 g/mol. The molecule has 0 aliphatic rings. The predicted octanol–water partition coefficient (Wildman–Crippen LogP) is 4.71. The van der Waals surface area contributed by atoms with Crippen molar-refractivity contribution in [3.8, 4) is 17.2 Å². The Hall–Kier alpha value is -1.53. The average molecular weight is 402 g/mol. The molecule has 0 fully saturated rings. The summed E-state index contributed by atoms with van der Waals surface area (Å²) in [6, 6.07) is 10.3. The quantitative estimate of drug-likeness (QED) is 0.805. The summed E-state index contributed by atoms with van der Waals surface area (Å²) >= 11 is 6.63. The van der Waals surface area contributed by atoms with Crippen LogP contribution in [0.1, 0.15) is 10.4 Å². The topological polar surface area (TPSA) is 55.8 Å². The van der Waals surface area contributed by atoms with Gasteiger partial charge in [0.2, 0.25) is 0 Å². The van der Waals surface area contributed by atoms with Crippen LogP contribution in [0.5, 0.6) is 17.2 Å². The van der Waals surface area contributed by atoms with Crippen LogP contribution in [-0.2, 0) is 0 Å². The minimum atomic E-state index is -1.11. The lowest BCUT2D eigenvalue weighted by atomic mass is 10.1. The van der Waals surface area contributed by atoms with E-state index in [1.54, 1.807) is 24.3 Å². The fraction of sp³-hybridized carbons (Fsp3) is 0.0714. The van der Waals surface area contributed by atoms with Crippen molar-refractivity contribution in [2.75, 3.05) is 7.11 Å². The number of ether oxygens (including phenoxy) is 2. The Labute approximate surface area is 132 Å². The minimum Gasteiger partial charge on any atom is -0.496 e. The van der Waals surface area contributed by atoms with Gasteiger partial charge in [0.25, 0.3) is 0 Å². The summed E-state index contributed by atoms with van der Waals surface area (Å²) < 4.78 is 12.3. The van der Waals surface area contributed by atoms with E-state index in [9.17, 15) is 9.90 Å². The highest BCUT2D eigenvalue weighted by atomic mass is 79.9. The van der Waals surface area contributed by atoms with E-state index in [1.807, 2.05) is 12.1 Å². The molecule has 104 valence electrons. The summed E-state index contributed by atoms with van der Waals surface area (Å²) in [4.78, 5) is 11.4. The highest BCUT2D eigenvalue weighted by Crippen LogP contribution is 2.35. The number of rotatable bonds is 4. The van der Waals surface area contributed by atoms with E-state index >= 15 is 0 Å². The van der Waals surface area contributed by atoms with Gasteiger partial charge in [-0.15, -0.1) is 0 Å². The largest absolute Gasteiger partial charge is 0.496 e. The summed E-state index contributed by atoms with van der Waals surface area (Å²) in [6.45, 7) is 0. The first kappa shape index (κ1) is 14.9. The van der Waals surface area contributed by atoms with E-state index in [0.717, 1.165) is 4.47 Å². The van der Waals surface area contributed by atoms with Gasteiger partial charge in [0, 0.05) is 8.95 Å². The Morgan fingerprint density at radius 2 is 1.65 bits per heavy atom. The van der Waals surface area contributed by atoms with Gasteiger partial charge < -0.3 is 14.6 Å². The van der Waals surface area contributed by atoms with Crippen LogP contribution in [0.3, 0.4) is 0 Å². The zero-order valence-electron chi connectivity index (χ0n) is 10.4. The lowest BCUT2D eigenvalue weighted by Crippen LogP contribution is -2.03. The molecule has 6 heteroatoms. The lowest BCUT2D eigenvalue weighted by Gasteiger charge is -2.12. The second kappa shape index (κ2) is 6.28. The molecule has 0 atom stereocenters. The van der Waals surface area contributed by atoms with E-state index in [1.165, 1.54) is 7.11 Å². The third kappa shape index (κ3) is 3.32. The third-order valence-electron chi connectivity index (χ3n) is 2.51. The van der Waals surface area contributed by atoms with Crippen molar-refractivity contribution in [2.24, 2.45) is 0 Å². The van der Waals surface area contributed by atoms with E-state index in [-0.39, 0.29) is 17.1 Å². The fourth-order valence-electron chi connectivity index (χ4n) is 1.64. The molecule has 0 saturated carbocycles. The van der Waals surface area contributed by atoms with Crippen molar-refractivity contribution in [1.82, 2.24) is 0 Å². The second-order valence-corrected chi connectivity index (χ2v) is 5.67. The van der Waals surface area contributed by atoms with Crippen molar-refractivity contribution in [3.63, 3.8) is 0 Å². The number of methoxy groups -OCH3 is 1. The molecule has 2 rings (SSSR count). The molecular formula is C14H10Br2O4. The Bertz CT molecular complexity index is 638. The average Bonchev–Trinajstić information content (AvgIpc) is 2.40. The first-order valence-electron chi connectivity index (χ1n) is 5.55. The Kier molecular flexibility index (Phi) is 4.67. The SMILES string of the molecule is COc1cc(Br)cc(Oc2ccc(Br)cc2)c1C(=O)O. The molecule has 0 amide bonds. The number of halogens is 2. The van der Waals surface area contributed by atoms with E-state index in [0.29, 0.717) is 10.2 Å². The first-order chi connectivity index (χ1) is 9.51. The fourth-order valence-corrected chi connectivity index (χ4v) is 2.32. The second-order valence-electron chi connectivity index (χ2n) is 3.84. The smallest absolute Gasteiger partial charge is 0.343 e. The molecule has 2 aromatic carbocycles. The number of hydrogen-bond acceptors (Lipinski definition) is 3. The molecular weight excluding hydrogens is 392 g/mol. The normalized spacial score (nSPS) is 10.2. The van der Waals surface area contributed by atoms with E-state index < -0.39 is 5.97 Å². The van der Waals surface area contributed by atoms with Crippen LogP contribution in [0.25, 0.3) is 0 Å². The first-order valence-corrected chi connectivity index (χ1v) is 7.14. The Morgan fingerprint density at radius 3 is 2.20 bits per heavy atom. The van der Waals surface area contributed by atoms with Gasteiger partial charge in [-0.3, -0.25) is 0 Å². The van der Waals surface area contributed by atoms with Crippen molar-refractivity contribution >= 4 is 37.8 Å². The standard InChI is InChI=1S/C14H10Br2O4/c1-19-11-6-9(16)7-12(13(11)14(17)18)20-10-4-2-8(15)3-5-10/h2-7H,1H3,(H,17,18). The maximum Gasteiger partial charge on any atom is 0.343 e. The molecule has 0 bridgehead atoms. The summed E-state index contributed by atoms with van der Waals surface area (Å²) in [7, 11) is 1.41. The molecule has 4 nitrogen and oxygen atoms in total. The predicted molar refractivity (Wildman–Crippen MR) is 81.9 cm³/mol. The molecule has 20 heavy (non-hydrogen) atoms. The van der Waals surface area contributed by atoms with Gasteiger partial charge in [0.05, 0.1) is 7.11 Å². The molecule has 0 aromatic heterocycles. The Morgan fingerprint density at radius 1 is 1.05 bits per heavy atom. The summed E-state index contributed by atoms with van der Waals surface area (Å²) in [5.74, 6) is -0.123. The maximum absolute atomic E-state index is 11.4. The van der Waals surface area contributed by atoms with Crippen LogP contribution in [0.4, 0.5) is 0 Å². The number of aromatic carboxylic acids is 1. The molecule has 0 spiro atoms. The highest BCUT2D eigenvalue weighted by molar-refractivity contribution is 9.10. The summed E-state index contributed by atoms with van der Waals surface area (Å²) in [5, 5.41) is 9.31.